The van der Waals surface area contributed by atoms with E-state index in [1.165, 1.54) is 0 Å². The number of hydrogen-bond acceptors (Lipinski definition) is 4. The fraction of sp³-hybridized carbons (Fsp3) is 0.350. The van der Waals surface area contributed by atoms with Gasteiger partial charge in [-0.15, -0.1) is 0 Å². The number of ether oxygens (including phenoxy) is 3. The van der Waals surface area contributed by atoms with Gasteiger partial charge in [0.2, 0.25) is 0 Å². The van der Waals surface area contributed by atoms with Crippen LogP contribution < -0.4 is 24.8 Å². The van der Waals surface area contributed by atoms with Gasteiger partial charge in [-0.3, -0.25) is 4.99 Å². The molecule has 0 radical (unpaired) electrons. The maximum Gasteiger partial charge on any atom is 0.191 e. The normalized spacial score (nSPS) is 12.3. The number of rotatable bonds is 7. The largest absolute Gasteiger partial charge is 0.497 e. The van der Waals surface area contributed by atoms with Crippen molar-refractivity contribution in [3.05, 3.63) is 52.5 Å². The van der Waals surface area contributed by atoms with Gasteiger partial charge in [-0.1, -0.05) is 17.7 Å². The minimum atomic E-state index is -0.0478. The highest BCUT2D eigenvalue weighted by atomic mass is 35.5. The number of nitrogens with zero attached hydrogens (tertiary/aromatic N) is 1. The lowest BCUT2D eigenvalue weighted by Crippen LogP contribution is -2.38. The van der Waals surface area contributed by atoms with Crippen LogP contribution in [0.15, 0.2) is 41.4 Å². The van der Waals surface area contributed by atoms with Crippen LogP contribution in [0.2, 0.25) is 5.02 Å². The Kier molecular flexibility index (Phi) is 7.61. The molecule has 0 aromatic heterocycles. The summed E-state index contributed by atoms with van der Waals surface area (Å²) >= 11 is 6.02. The molecule has 0 saturated carbocycles. The first kappa shape index (κ1) is 20.7. The molecule has 0 amide bonds. The molecule has 27 heavy (non-hydrogen) atoms. The Balaban J connectivity index is 2.09. The molecule has 146 valence electrons. The third-order valence-corrected chi connectivity index (χ3v) is 4.41. The second-order valence-corrected chi connectivity index (χ2v) is 6.29. The van der Waals surface area contributed by atoms with Crippen molar-refractivity contribution in [2.45, 2.75) is 19.5 Å². The van der Waals surface area contributed by atoms with Gasteiger partial charge >= 0.3 is 0 Å². The van der Waals surface area contributed by atoms with E-state index in [9.17, 15) is 0 Å². The Morgan fingerprint density at radius 1 is 1.04 bits per heavy atom. The topological polar surface area (TPSA) is 64.1 Å². The molecule has 0 spiro atoms. The van der Waals surface area contributed by atoms with E-state index in [0.717, 1.165) is 28.4 Å². The van der Waals surface area contributed by atoms with Crippen LogP contribution in [-0.4, -0.2) is 34.3 Å². The van der Waals surface area contributed by atoms with Gasteiger partial charge in [0, 0.05) is 29.7 Å². The fourth-order valence-corrected chi connectivity index (χ4v) is 2.86. The van der Waals surface area contributed by atoms with Gasteiger partial charge in [-0.05, 0) is 37.3 Å². The van der Waals surface area contributed by atoms with Crippen LogP contribution in [-0.2, 0) is 6.54 Å². The van der Waals surface area contributed by atoms with Crippen LogP contribution in [0.1, 0.15) is 24.1 Å². The van der Waals surface area contributed by atoms with Crippen molar-refractivity contribution < 1.29 is 14.2 Å². The lowest BCUT2D eigenvalue weighted by Gasteiger charge is -2.21. The third kappa shape index (κ3) is 5.44. The number of nitrogens with one attached hydrogen (secondary N) is 2. The standard InChI is InChI=1S/C20H26ClN3O3/c1-13(17-11-16(25-3)8-9-18(17)26-4)24-20(22-2)23-12-14-6-7-15(21)10-19(14)27-5/h6-11,13H,12H2,1-5H3,(H2,22,23,24). The van der Waals surface area contributed by atoms with Crippen molar-refractivity contribution in [3.8, 4) is 17.2 Å². The summed E-state index contributed by atoms with van der Waals surface area (Å²) < 4.78 is 16.2. The highest BCUT2D eigenvalue weighted by Gasteiger charge is 2.14. The summed E-state index contributed by atoms with van der Waals surface area (Å²) in [6, 6.07) is 11.2. The SMILES string of the molecule is CN=C(NCc1ccc(Cl)cc1OC)NC(C)c1cc(OC)ccc1OC. The zero-order valence-corrected chi connectivity index (χ0v) is 17.1. The smallest absolute Gasteiger partial charge is 0.191 e. The Morgan fingerprint density at radius 2 is 1.78 bits per heavy atom. The number of aliphatic imine (C=N–C) groups is 1. The number of guanidine groups is 1. The van der Waals surface area contributed by atoms with Gasteiger partial charge in [0.1, 0.15) is 17.2 Å². The molecule has 0 bridgehead atoms. The Morgan fingerprint density at radius 3 is 2.41 bits per heavy atom. The van der Waals surface area contributed by atoms with E-state index in [0.29, 0.717) is 17.5 Å². The molecular formula is C20H26ClN3O3. The summed E-state index contributed by atoms with van der Waals surface area (Å²) in [6.45, 7) is 2.58. The molecule has 0 aliphatic rings. The molecule has 2 aromatic rings. The summed E-state index contributed by atoms with van der Waals surface area (Å²) in [5.41, 5.74) is 1.96. The minimum absolute atomic E-state index is 0.0478. The Hall–Kier alpha value is -2.60. The molecule has 0 aliphatic heterocycles. The number of halogens is 1. The minimum Gasteiger partial charge on any atom is -0.497 e. The van der Waals surface area contributed by atoms with Crippen molar-refractivity contribution in [2.24, 2.45) is 4.99 Å². The monoisotopic (exact) mass is 391 g/mol. The molecule has 2 N–H and O–H groups in total. The molecule has 6 nitrogen and oxygen atoms in total. The van der Waals surface area contributed by atoms with Crippen LogP contribution in [0, 0.1) is 0 Å². The van der Waals surface area contributed by atoms with E-state index < -0.39 is 0 Å². The fourth-order valence-electron chi connectivity index (χ4n) is 2.70. The predicted octanol–water partition coefficient (Wildman–Crippen LogP) is 3.79. The third-order valence-electron chi connectivity index (χ3n) is 4.18. The van der Waals surface area contributed by atoms with Gasteiger partial charge < -0.3 is 24.8 Å². The first-order valence-electron chi connectivity index (χ1n) is 8.53. The van der Waals surface area contributed by atoms with Crippen LogP contribution in [0.5, 0.6) is 17.2 Å². The van der Waals surface area contributed by atoms with Crippen LogP contribution >= 0.6 is 11.6 Å². The zero-order chi connectivity index (χ0) is 19.8. The van der Waals surface area contributed by atoms with Crippen molar-refractivity contribution in [1.29, 1.82) is 0 Å². The Bertz CT molecular complexity index is 796. The molecule has 7 heteroatoms. The lowest BCUT2D eigenvalue weighted by molar-refractivity contribution is 0.394. The summed E-state index contributed by atoms with van der Waals surface area (Å²) in [5, 5.41) is 7.29. The first-order chi connectivity index (χ1) is 13.0. The molecule has 0 saturated heterocycles. The average Bonchev–Trinajstić information content (AvgIpc) is 2.70. The average molecular weight is 392 g/mol. The van der Waals surface area contributed by atoms with Crippen molar-refractivity contribution in [3.63, 3.8) is 0 Å². The summed E-state index contributed by atoms with van der Waals surface area (Å²) in [6.07, 6.45) is 0. The molecule has 2 aromatic carbocycles. The highest BCUT2D eigenvalue weighted by Crippen LogP contribution is 2.29. The molecule has 1 unspecified atom stereocenters. The van der Waals surface area contributed by atoms with Crippen molar-refractivity contribution in [1.82, 2.24) is 10.6 Å². The maximum absolute atomic E-state index is 6.02. The van der Waals surface area contributed by atoms with Crippen molar-refractivity contribution >= 4 is 17.6 Å². The van der Waals surface area contributed by atoms with E-state index in [4.69, 9.17) is 25.8 Å². The maximum atomic E-state index is 6.02. The molecular weight excluding hydrogens is 366 g/mol. The molecule has 1 atom stereocenters. The number of hydrogen-bond donors (Lipinski definition) is 2. The second kappa shape index (κ2) is 9.92. The van der Waals surface area contributed by atoms with E-state index in [1.54, 1.807) is 34.4 Å². The van der Waals surface area contributed by atoms with Crippen LogP contribution in [0.25, 0.3) is 0 Å². The molecule has 2 rings (SSSR count). The highest BCUT2D eigenvalue weighted by molar-refractivity contribution is 6.30. The molecule has 0 heterocycles. The zero-order valence-electron chi connectivity index (χ0n) is 16.3. The summed E-state index contributed by atoms with van der Waals surface area (Å²) in [5.74, 6) is 2.94. The van der Waals surface area contributed by atoms with E-state index >= 15 is 0 Å². The lowest BCUT2D eigenvalue weighted by atomic mass is 10.1. The summed E-state index contributed by atoms with van der Waals surface area (Å²) in [7, 11) is 6.64. The molecule has 0 fully saturated rings. The van der Waals surface area contributed by atoms with E-state index in [1.807, 2.05) is 37.3 Å². The van der Waals surface area contributed by atoms with Gasteiger partial charge in [0.25, 0.3) is 0 Å². The number of benzene rings is 2. The molecule has 0 aliphatic carbocycles. The number of methoxy groups -OCH3 is 3. The second-order valence-electron chi connectivity index (χ2n) is 5.86. The van der Waals surface area contributed by atoms with Crippen molar-refractivity contribution in [2.75, 3.05) is 28.4 Å². The van der Waals surface area contributed by atoms with Crippen LogP contribution in [0.3, 0.4) is 0 Å². The van der Waals surface area contributed by atoms with Gasteiger partial charge in [-0.2, -0.15) is 0 Å². The van der Waals surface area contributed by atoms with Gasteiger partial charge in [0.15, 0.2) is 5.96 Å². The summed E-state index contributed by atoms with van der Waals surface area (Å²) in [4.78, 5) is 4.30. The van der Waals surface area contributed by atoms with E-state index in [-0.39, 0.29) is 6.04 Å². The van der Waals surface area contributed by atoms with E-state index in [2.05, 4.69) is 15.6 Å². The van der Waals surface area contributed by atoms with Gasteiger partial charge in [0.05, 0.1) is 27.4 Å². The quantitative estimate of drug-likeness (QED) is 0.555. The van der Waals surface area contributed by atoms with Crippen LogP contribution in [0.4, 0.5) is 0 Å². The Labute approximate surface area is 165 Å². The predicted molar refractivity (Wildman–Crippen MR) is 109 cm³/mol. The first-order valence-corrected chi connectivity index (χ1v) is 8.91. The van der Waals surface area contributed by atoms with Gasteiger partial charge in [-0.25, -0.2) is 0 Å².